The van der Waals surface area contributed by atoms with Gasteiger partial charge in [-0.1, -0.05) is 31.4 Å². The molecule has 2 aromatic rings. The van der Waals surface area contributed by atoms with E-state index in [-0.39, 0.29) is 0 Å². The number of nitrogens with two attached hydrogens (primary N) is 1. The number of aryl methyl sites for hydroxylation is 1. The summed E-state index contributed by atoms with van der Waals surface area (Å²) in [5, 5.41) is 0.736. The summed E-state index contributed by atoms with van der Waals surface area (Å²) < 4.78 is 2.29. The predicted octanol–water partition coefficient (Wildman–Crippen LogP) is 3.38. The Balaban J connectivity index is 2.35. The maximum Gasteiger partial charge on any atom is 0.111 e. The molecule has 0 saturated carbocycles. The summed E-state index contributed by atoms with van der Waals surface area (Å²) in [4.78, 5) is 4.64. The number of aromatic nitrogens is 2. The lowest BCUT2D eigenvalue weighted by Gasteiger charge is -2.08. The number of halogens is 1. The molecule has 4 heteroatoms. The van der Waals surface area contributed by atoms with Crippen LogP contribution in [0.4, 0.5) is 0 Å². The molecule has 0 amide bonds. The summed E-state index contributed by atoms with van der Waals surface area (Å²) in [5.74, 6) is 1.07. The highest BCUT2D eigenvalue weighted by Crippen LogP contribution is 2.21. The second-order valence-electron chi connectivity index (χ2n) is 4.56. The molecule has 0 aliphatic rings. The van der Waals surface area contributed by atoms with E-state index in [4.69, 9.17) is 17.3 Å². The molecule has 0 radical (unpaired) electrons. The topological polar surface area (TPSA) is 43.8 Å². The molecule has 1 aromatic carbocycles. The lowest BCUT2D eigenvalue weighted by atomic mass is 10.2. The van der Waals surface area contributed by atoms with Gasteiger partial charge in [0.2, 0.25) is 0 Å². The first-order valence-electron chi connectivity index (χ1n) is 6.61. The molecule has 0 aliphatic carbocycles. The van der Waals surface area contributed by atoms with Crippen molar-refractivity contribution in [2.75, 3.05) is 6.54 Å². The van der Waals surface area contributed by atoms with Crippen LogP contribution in [0, 0.1) is 0 Å². The highest BCUT2D eigenvalue weighted by atomic mass is 35.5. The van der Waals surface area contributed by atoms with E-state index in [0.717, 1.165) is 29.3 Å². The zero-order chi connectivity index (χ0) is 13.0. The van der Waals surface area contributed by atoms with Gasteiger partial charge >= 0.3 is 0 Å². The molecule has 2 rings (SSSR count). The summed E-state index contributed by atoms with van der Waals surface area (Å²) in [6.45, 7) is 3.86. The molecule has 2 N–H and O–H groups in total. The Morgan fingerprint density at radius 1 is 1.33 bits per heavy atom. The van der Waals surface area contributed by atoms with Gasteiger partial charge in [0, 0.05) is 18.0 Å². The molecule has 1 aromatic heterocycles. The fourth-order valence-electron chi connectivity index (χ4n) is 2.24. The number of nitrogens with zero attached hydrogens (tertiary/aromatic N) is 2. The minimum Gasteiger partial charge on any atom is -0.330 e. The number of hydrogen-bond acceptors (Lipinski definition) is 2. The van der Waals surface area contributed by atoms with Crippen LogP contribution in [0.25, 0.3) is 11.0 Å². The number of imidazole rings is 1. The molecule has 1 heterocycles. The summed E-state index contributed by atoms with van der Waals surface area (Å²) in [6, 6.07) is 5.90. The van der Waals surface area contributed by atoms with Crippen LogP contribution in [0.5, 0.6) is 0 Å². The van der Waals surface area contributed by atoms with Gasteiger partial charge in [0.25, 0.3) is 0 Å². The van der Waals surface area contributed by atoms with Crippen LogP contribution in [-0.2, 0) is 13.0 Å². The van der Waals surface area contributed by atoms with E-state index in [9.17, 15) is 0 Å². The fourth-order valence-corrected chi connectivity index (χ4v) is 2.41. The molecule has 0 saturated heterocycles. The molecule has 0 unspecified atom stereocenters. The molecule has 3 nitrogen and oxygen atoms in total. The Bertz CT molecular complexity index is 519. The summed E-state index contributed by atoms with van der Waals surface area (Å²) >= 11 is 6.01. The SMILES string of the molecule is CCCCCn1c(CCN)nc2cc(Cl)ccc21. The Hall–Kier alpha value is -1.06. The highest BCUT2D eigenvalue weighted by Gasteiger charge is 2.09. The molecule has 0 aliphatic heterocycles. The van der Waals surface area contributed by atoms with Gasteiger partial charge in [-0.25, -0.2) is 4.98 Å². The Morgan fingerprint density at radius 2 is 2.17 bits per heavy atom. The van der Waals surface area contributed by atoms with Gasteiger partial charge in [-0.15, -0.1) is 0 Å². The standard InChI is InChI=1S/C14H20ClN3/c1-2-3-4-9-18-13-6-5-11(15)10-12(13)17-14(18)7-8-16/h5-6,10H,2-4,7-9,16H2,1H3. The zero-order valence-corrected chi connectivity index (χ0v) is 11.6. The Morgan fingerprint density at radius 3 is 2.89 bits per heavy atom. The van der Waals surface area contributed by atoms with E-state index < -0.39 is 0 Å². The highest BCUT2D eigenvalue weighted by molar-refractivity contribution is 6.31. The summed E-state index contributed by atoms with van der Waals surface area (Å²) in [6.07, 6.45) is 4.47. The van der Waals surface area contributed by atoms with Gasteiger partial charge < -0.3 is 10.3 Å². The number of rotatable bonds is 6. The predicted molar refractivity (Wildman–Crippen MR) is 77.0 cm³/mol. The molecule has 0 atom stereocenters. The summed E-state index contributed by atoms with van der Waals surface area (Å²) in [7, 11) is 0. The molecular weight excluding hydrogens is 246 g/mol. The van der Waals surface area contributed by atoms with Crippen molar-refractivity contribution >= 4 is 22.6 Å². The first-order valence-corrected chi connectivity index (χ1v) is 6.98. The van der Waals surface area contributed by atoms with Crippen LogP contribution < -0.4 is 5.73 Å². The second-order valence-corrected chi connectivity index (χ2v) is 4.99. The van der Waals surface area contributed by atoms with Crippen LogP contribution >= 0.6 is 11.6 Å². The van der Waals surface area contributed by atoms with Crippen LogP contribution in [0.2, 0.25) is 5.02 Å². The monoisotopic (exact) mass is 265 g/mol. The van der Waals surface area contributed by atoms with Crippen molar-refractivity contribution in [3.63, 3.8) is 0 Å². The van der Waals surface area contributed by atoms with Crippen molar-refractivity contribution in [1.82, 2.24) is 9.55 Å². The van der Waals surface area contributed by atoms with Gasteiger partial charge in [-0.2, -0.15) is 0 Å². The fraction of sp³-hybridized carbons (Fsp3) is 0.500. The lowest BCUT2D eigenvalue weighted by molar-refractivity contribution is 0.591. The van der Waals surface area contributed by atoms with Crippen LogP contribution in [0.1, 0.15) is 32.0 Å². The van der Waals surface area contributed by atoms with Crippen molar-refractivity contribution < 1.29 is 0 Å². The minimum atomic E-state index is 0.630. The maximum absolute atomic E-state index is 6.01. The molecule has 18 heavy (non-hydrogen) atoms. The number of hydrogen-bond donors (Lipinski definition) is 1. The van der Waals surface area contributed by atoms with Crippen molar-refractivity contribution in [2.24, 2.45) is 5.73 Å². The largest absolute Gasteiger partial charge is 0.330 e. The van der Waals surface area contributed by atoms with E-state index >= 15 is 0 Å². The van der Waals surface area contributed by atoms with E-state index in [2.05, 4.69) is 22.5 Å². The molecule has 0 spiro atoms. The molecule has 0 bridgehead atoms. The quantitative estimate of drug-likeness (QED) is 0.814. The normalized spacial score (nSPS) is 11.3. The van der Waals surface area contributed by atoms with Crippen molar-refractivity contribution in [3.05, 3.63) is 29.0 Å². The molecular formula is C14H20ClN3. The third-order valence-electron chi connectivity index (χ3n) is 3.14. The van der Waals surface area contributed by atoms with Gasteiger partial charge in [0.05, 0.1) is 11.0 Å². The second kappa shape index (κ2) is 6.21. The lowest BCUT2D eigenvalue weighted by Crippen LogP contribution is -2.10. The maximum atomic E-state index is 6.01. The van der Waals surface area contributed by atoms with Crippen molar-refractivity contribution in [3.8, 4) is 0 Å². The first kappa shape index (κ1) is 13.4. The molecule has 98 valence electrons. The van der Waals surface area contributed by atoms with Gasteiger partial charge in [0.1, 0.15) is 5.82 Å². The van der Waals surface area contributed by atoms with E-state index in [1.165, 1.54) is 24.8 Å². The van der Waals surface area contributed by atoms with Crippen LogP contribution in [-0.4, -0.2) is 16.1 Å². The zero-order valence-electron chi connectivity index (χ0n) is 10.8. The van der Waals surface area contributed by atoms with Gasteiger partial charge in [-0.3, -0.25) is 0 Å². The third-order valence-corrected chi connectivity index (χ3v) is 3.38. The third kappa shape index (κ3) is 2.85. The number of unbranched alkanes of at least 4 members (excludes halogenated alkanes) is 2. The summed E-state index contributed by atoms with van der Waals surface area (Å²) in [5.41, 5.74) is 7.80. The average molecular weight is 266 g/mol. The van der Waals surface area contributed by atoms with Crippen molar-refractivity contribution in [1.29, 1.82) is 0 Å². The Kier molecular flexibility index (Phi) is 4.61. The minimum absolute atomic E-state index is 0.630. The van der Waals surface area contributed by atoms with Gasteiger partial charge in [-0.05, 0) is 31.2 Å². The number of benzene rings is 1. The molecule has 0 fully saturated rings. The number of fused-ring (bicyclic) bond motifs is 1. The van der Waals surface area contributed by atoms with E-state index in [1.54, 1.807) is 0 Å². The van der Waals surface area contributed by atoms with E-state index in [0.29, 0.717) is 6.54 Å². The first-order chi connectivity index (χ1) is 8.76. The Labute approximate surface area is 113 Å². The van der Waals surface area contributed by atoms with Crippen LogP contribution in [0.3, 0.4) is 0 Å². The van der Waals surface area contributed by atoms with Crippen LogP contribution in [0.15, 0.2) is 18.2 Å². The van der Waals surface area contributed by atoms with Gasteiger partial charge in [0.15, 0.2) is 0 Å². The average Bonchev–Trinajstić information content (AvgIpc) is 2.67. The van der Waals surface area contributed by atoms with Crippen molar-refractivity contribution in [2.45, 2.75) is 39.2 Å². The van der Waals surface area contributed by atoms with E-state index in [1.807, 2.05) is 12.1 Å². The smallest absolute Gasteiger partial charge is 0.111 e.